The molecule has 0 bridgehead atoms. The maximum Gasteiger partial charge on any atom is 0.321 e. The molecular weight excluding hydrogens is 364 g/mol. The second-order valence-corrected chi connectivity index (χ2v) is 7.51. The molecule has 0 amide bonds. The third kappa shape index (κ3) is 4.01. The Morgan fingerprint density at radius 3 is 1.97 bits per heavy atom. The fourth-order valence-corrected chi connectivity index (χ4v) is 3.08. The van der Waals surface area contributed by atoms with Gasteiger partial charge in [0, 0.05) is 24.7 Å². The summed E-state index contributed by atoms with van der Waals surface area (Å²) in [5, 5.41) is 3.86. The minimum absolute atomic E-state index is 0.104. The molecule has 0 saturated carbocycles. The largest absolute Gasteiger partial charge is 0.424 e. The van der Waals surface area contributed by atoms with Gasteiger partial charge in [-0.2, -0.15) is 4.98 Å². The van der Waals surface area contributed by atoms with Crippen LogP contribution in [0.3, 0.4) is 0 Å². The van der Waals surface area contributed by atoms with E-state index in [1.54, 1.807) is 19.3 Å². The van der Waals surface area contributed by atoms with Crippen LogP contribution in [-0.4, -0.2) is 20.1 Å². The van der Waals surface area contributed by atoms with E-state index in [2.05, 4.69) is 77.3 Å². The monoisotopic (exact) mass is 386 g/mol. The molecule has 0 aliphatic heterocycles. The molecule has 146 valence electrons. The van der Waals surface area contributed by atoms with Crippen LogP contribution in [0, 0.1) is 13.8 Å². The Morgan fingerprint density at radius 2 is 1.41 bits per heavy atom. The Kier molecular flexibility index (Phi) is 4.84. The van der Waals surface area contributed by atoms with Crippen molar-refractivity contribution in [1.82, 2.24) is 20.1 Å². The maximum atomic E-state index is 5.78. The second-order valence-electron chi connectivity index (χ2n) is 7.51. The van der Waals surface area contributed by atoms with E-state index in [1.165, 1.54) is 16.7 Å². The second kappa shape index (κ2) is 7.47. The fourth-order valence-electron chi connectivity index (χ4n) is 3.08. The molecule has 6 nitrogen and oxygen atoms in total. The molecule has 4 aromatic rings. The highest BCUT2D eigenvalue weighted by atomic mass is 16.5. The topological polar surface area (TPSA) is 73.9 Å². The van der Waals surface area contributed by atoms with Crippen molar-refractivity contribution in [3.05, 3.63) is 83.5 Å². The number of nitrogens with zero attached hydrogens (tertiary/aromatic N) is 4. The zero-order valence-electron chi connectivity index (χ0n) is 16.9. The van der Waals surface area contributed by atoms with Crippen molar-refractivity contribution in [1.29, 1.82) is 0 Å². The van der Waals surface area contributed by atoms with Crippen molar-refractivity contribution in [2.45, 2.75) is 33.1 Å². The fraction of sp³-hybridized carbons (Fsp3) is 0.217. The van der Waals surface area contributed by atoms with Gasteiger partial charge in [0.25, 0.3) is 0 Å². The predicted molar refractivity (Wildman–Crippen MR) is 110 cm³/mol. The molecule has 29 heavy (non-hydrogen) atoms. The molecule has 0 saturated heterocycles. The number of hydrogen-bond donors (Lipinski definition) is 0. The number of hydrogen-bond acceptors (Lipinski definition) is 6. The highest BCUT2D eigenvalue weighted by molar-refractivity contribution is 5.51. The van der Waals surface area contributed by atoms with Gasteiger partial charge in [0.15, 0.2) is 0 Å². The molecule has 2 heterocycles. The summed E-state index contributed by atoms with van der Waals surface area (Å²) in [5.41, 5.74) is 4.30. The molecule has 0 aliphatic rings. The van der Waals surface area contributed by atoms with Gasteiger partial charge >= 0.3 is 6.01 Å². The third-order valence-corrected chi connectivity index (χ3v) is 4.97. The first-order valence-corrected chi connectivity index (χ1v) is 9.40. The Balaban J connectivity index is 1.48. The van der Waals surface area contributed by atoms with Gasteiger partial charge in [0.1, 0.15) is 5.75 Å². The molecule has 0 spiro atoms. The summed E-state index contributed by atoms with van der Waals surface area (Å²) < 4.78 is 10.8. The van der Waals surface area contributed by atoms with E-state index in [0.29, 0.717) is 23.0 Å². The quantitative estimate of drug-likeness (QED) is 0.466. The molecule has 2 aromatic carbocycles. The predicted octanol–water partition coefficient (Wildman–Crippen LogP) is 5.26. The Bertz CT molecular complexity index is 1100. The lowest BCUT2D eigenvalue weighted by molar-refractivity contribution is 0.394. The molecule has 2 aromatic heterocycles. The highest BCUT2D eigenvalue weighted by Crippen LogP contribution is 2.33. The van der Waals surface area contributed by atoms with E-state index < -0.39 is 0 Å². The van der Waals surface area contributed by atoms with Gasteiger partial charge in [-0.25, -0.2) is 9.97 Å². The van der Waals surface area contributed by atoms with E-state index in [0.717, 1.165) is 0 Å². The molecule has 0 aliphatic carbocycles. The lowest BCUT2D eigenvalue weighted by atomic mass is 9.78. The standard InChI is InChI=1S/C23H22N4O2/c1-15-5-7-18(8-6-15)23(3,4)19-9-11-20(12-10-19)28-22-24-13-17(14-25-22)21-26-16(2)29-27-21/h5-14H,1-4H3. The highest BCUT2D eigenvalue weighted by Gasteiger charge is 2.23. The van der Waals surface area contributed by atoms with Crippen LogP contribution in [0.15, 0.2) is 65.4 Å². The number of aryl methyl sites for hydroxylation is 2. The number of aromatic nitrogens is 4. The lowest BCUT2D eigenvalue weighted by Crippen LogP contribution is -2.18. The minimum atomic E-state index is -0.104. The molecule has 0 N–H and O–H groups in total. The van der Waals surface area contributed by atoms with Crippen molar-refractivity contribution in [3.63, 3.8) is 0 Å². The van der Waals surface area contributed by atoms with Crippen molar-refractivity contribution in [2.75, 3.05) is 0 Å². The number of ether oxygens (including phenoxy) is 1. The molecule has 6 heteroatoms. The van der Waals surface area contributed by atoms with Gasteiger partial charge in [-0.05, 0) is 30.2 Å². The average molecular weight is 386 g/mol. The van der Waals surface area contributed by atoms with E-state index >= 15 is 0 Å². The van der Waals surface area contributed by atoms with E-state index in [4.69, 9.17) is 9.26 Å². The summed E-state index contributed by atoms with van der Waals surface area (Å²) in [6.45, 7) is 8.27. The van der Waals surface area contributed by atoms with Crippen LogP contribution in [0.4, 0.5) is 0 Å². The van der Waals surface area contributed by atoms with Crippen LogP contribution in [-0.2, 0) is 5.41 Å². The van der Waals surface area contributed by atoms with Gasteiger partial charge in [-0.15, -0.1) is 0 Å². The summed E-state index contributed by atoms with van der Waals surface area (Å²) in [5.74, 6) is 1.63. The first-order valence-electron chi connectivity index (χ1n) is 9.40. The van der Waals surface area contributed by atoms with E-state index in [9.17, 15) is 0 Å². The van der Waals surface area contributed by atoms with Crippen LogP contribution in [0.2, 0.25) is 0 Å². The van der Waals surface area contributed by atoms with Crippen molar-refractivity contribution in [3.8, 4) is 23.1 Å². The van der Waals surface area contributed by atoms with Gasteiger partial charge < -0.3 is 9.26 Å². The summed E-state index contributed by atoms with van der Waals surface area (Å²) in [6.07, 6.45) is 3.23. The normalized spacial score (nSPS) is 11.4. The zero-order valence-corrected chi connectivity index (χ0v) is 16.9. The molecule has 0 radical (unpaired) electrons. The Morgan fingerprint density at radius 1 is 0.828 bits per heavy atom. The van der Waals surface area contributed by atoms with E-state index in [-0.39, 0.29) is 11.4 Å². The van der Waals surface area contributed by atoms with Crippen LogP contribution >= 0.6 is 0 Å². The third-order valence-electron chi connectivity index (χ3n) is 4.97. The van der Waals surface area contributed by atoms with Gasteiger partial charge in [0.05, 0.1) is 5.56 Å². The maximum absolute atomic E-state index is 5.78. The lowest BCUT2D eigenvalue weighted by Gasteiger charge is -2.26. The van der Waals surface area contributed by atoms with Crippen LogP contribution in [0.5, 0.6) is 11.8 Å². The summed E-state index contributed by atoms with van der Waals surface area (Å²) in [6, 6.07) is 16.9. The zero-order chi connectivity index (χ0) is 20.4. The van der Waals surface area contributed by atoms with Crippen molar-refractivity contribution >= 4 is 0 Å². The van der Waals surface area contributed by atoms with Gasteiger partial charge in [0.2, 0.25) is 11.7 Å². The molecule has 4 rings (SSSR count). The molecule has 0 fully saturated rings. The van der Waals surface area contributed by atoms with Crippen LogP contribution < -0.4 is 4.74 Å². The molecular formula is C23H22N4O2. The van der Waals surface area contributed by atoms with Crippen molar-refractivity contribution in [2.24, 2.45) is 0 Å². The minimum Gasteiger partial charge on any atom is -0.424 e. The first kappa shape index (κ1) is 18.8. The summed E-state index contributed by atoms with van der Waals surface area (Å²) >= 11 is 0. The molecule has 0 atom stereocenters. The summed E-state index contributed by atoms with van der Waals surface area (Å²) in [4.78, 5) is 12.6. The van der Waals surface area contributed by atoms with Gasteiger partial charge in [-0.3, -0.25) is 0 Å². The number of rotatable bonds is 5. The van der Waals surface area contributed by atoms with Crippen LogP contribution in [0.1, 0.15) is 36.4 Å². The molecule has 0 unspecified atom stereocenters. The summed E-state index contributed by atoms with van der Waals surface area (Å²) in [7, 11) is 0. The van der Waals surface area contributed by atoms with Gasteiger partial charge in [-0.1, -0.05) is 61.0 Å². The van der Waals surface area contributed by atoms with E-state index in [1.807, 2.05) is 12.1 Å². The smallest absolute Gasteiger partial charge is 0.321 e. The van der Waals surface area contributed by atoms with Crippen molar-refractivity contribution < 1.29 is 9.26 Å². The SMILES string of the molecule is Cc1ccc(C(C)(C)c2ccc(Oc3ncc(-c4noc(C)n4)cn3)cc2)cc1. The average Bonchev–Trinajstić information content (AvgIpc) is 3.16. The number of benzene rings is 2. The Hall–Kier alpha value is -3.54. The van der Waals surface area contributed by atoms with Crippen LogP contribution in [0.25, 0.3) is 11.4 Å². The Labute approximate surface area is 169 Å². The first-order chi connectivity index (χ1) is 13.9.